The minimum Gasteiger partial charge on any atom is -0.399 e. The Morgan fingerprint density at radius 3 is 2.78 bits per heavy atom. The fourth-order valence-corrected chi connectivity index (χ4v) is 2.69. The maximum Gasteiger partial charge on any atom is 0.0958 e. The maximum atomic E-state index is 5.77. The van der Waals surface area contributed by atoms with E-state index in [9.17, 15) is 0 Å². The molecule has 0 amide bonds. The highest BCUT2D eigenvalue weighted by Gasteiger charge is 2.10. The molecular formula is C14H20N4. The molecule has 0 spiro atoms. The summed E-state index contributed by atoms with van der Waals surface area (Å²) in [5.41, 5.74) is 8.72. The lowest BCUT2D eigenvalue weighted by Crippen LogP contribution is -2.32. The molecule has 2 aromatic rings. The van der Waals surface area contributed by atoms with Gasteiger partial charge in [-0.05, 0) is 44.1 Å². The molecular weight excluding hydrogens is 224 g/mol. The number of nitrogen functional groups attached to an aromatic ring is 1. The normalized spacial score (nSPS) is 17.3. The molecule has 0 aliphatic carbocycles. The van der Waals surface area contributed by atoms with Crippen molar-refractivity contribution in [3.8, 4) is 0 Å². The van der Waals surface area contributed by atoms with Gasteiger partial charge in [0, 0.05) is 18.8 Å². The molecule has 2 heterocycles. The van der Waals surface area contributed by atoms with E-state index in [4.69, 9.17) is 5.73 Å². The summed E-state index contributed by atoms with van der Waals surface area (Å²) < 4.78 is 2.23. The molecule has 1 saturated heterocycles. The van der Waals surface area contributed by atoms with E-state index in [0.717, 1.165) is 24.3 Å². The van der Waals surface area contributed by atoms with Crippen molar-refractivity contribution < 1.29 is 0 Å². The molecule has 1 aromatic carbocycles. The van der Waals surface area contributed by atoms with Crippen molar-refractivity contribution in [2.24, 2.45) is 0 Å². The van der Waals surface area contributed by atoms with E-state index in [0.29, 0.717) is 0 Å². The van der Waals surface area contributed by atoms with Crippen molar-refractivity contribution in [1.29, 1.82) is 0 Å². The van der Waals surface area contributed by atoms with Crippen LogP contribution in [0.4, 0.5) is 5.69 Å². The summed E-state index contributed by atoms with van der Waals surface area (Å²) in [4.78, 5) is 6.96. The Kier molecular flexibility index (Phi) is 3.19. The number of likely N-dealkylation sites (tertiary alicyclic amines) is 1. The summed E-state index contributed by atoms with van der Waals surface area (Å²) in [6.45, 7) is 4.63. The number of hydrogen-bond acceptors (Lipinski definition) is 3. The Hall–Kier alpha value is -1.55. The summed E-state index contributed by atoms with van der Waals surface area (Å²) in [7, 11) is 0. The van der Waals surface area contributed by atoms with Gasteiger partial charge < -0.3 is 15.2 Å². The van der Waals surface area contributed by atoms with Gasteiger partial charge in [-0.15, -0.1) is 0 Å². The first-order valence-electron chi connectivity index (χ1n) is 6.76. The van der Waals surface area contributed by atoms with Crippen molar-refractivity contribution in [3.63, 3.8) is 0 Å². The molecule has 1 aliphatic rings. The number of nitrogens with two attached hydrogens (primary N) is 1. The first kappa shape index (κ1) is 11.5. The fraction of sp³-hybridized carbons (Fsp3) is 0.500. The lowest BCUT2D eigenvalue weighted by molar-refractivity contribution is 0.221. The smallest absolute Gasteiger partial charge is 0.0958 e. The predicted molar refractivity (Wildman–Crippen MR) is 74.4 cm³/mol. The third-order valence-corrected chi connectivity index (χ3v) is 3.75. The number of hydrogen-bond donors (Lipinski definition) is 1. The minimum absolute atomic E-state index is 0.781. The Morgan fingerprint density at radius 1 is 1.11 bits per heavy atom. The van der Waals surface area contributed by atoms with Crippen molar-refractivity contribution in [2.75, 3.05) is 25.4 Å². The summed E-state index contributed by atoms with van der Waals surface area (Å²) in [5, 5.41) is 0. The number of imidazole rings is 1. The summed E-state index contributed by atoms with van der Waals surface area (Å²) in [6.07, 6.45) is 6.01. The summed E-state index contributed by atoms with van der Waals surface area (Å²) in [5.74, 6) is 0. The van der Waals surface area contributed by atoms with Gasteiger partial charge >= 0.3 is 0 Å². The van der Waals surface area contributed by atoms with E-state index in [-0.39, 0.29) is 0 Å². The highest BCUT2D eigenvalue weighted by atomic mass is 15.2. The van der Waals surface area contributed by atoms with Gasteiger partial charge in [0.2, 0.25) is 0 Å². The Labute approximate surface area is 107 Å². The van der Waals surface area contributed by atoms with E-state index in [1.54, 1.807) is 0 Å². The number of aromatic nitrogens is 2. The van der Waals surface area contributed by atoms with Crippen LogP contribution in [0.3, 0.4) is 0 Å². The molecule has 3 rings (SSSR count). The Morgan fingerprint density at radius 2 is 1.94 bits per heavy atom. The average Bonchev–Trinajstić information content (AvgIpc) is 2.80. The molecule has 4 nitrogen and oxygen atoms in total. The number of piperidine rings is 1. The van der Waals surface area contributed by atoms with Crippen LogP contribution in [0.1, 0.15) is 19.3 Å². The first-order valence-corrected chi connectivity index (χ1v) is 6.76. The molecule has 0 atom stereocenters. The maximum absolute atomic E-state index is 5.77. The molecule has 0 bridgehead atoms. The molecule has 1 aliphatic heterocycles. The van der Waals surface area contributed by atoms with Gasteiger partial charge in [-0.25, -0.2) is 4.98 Å². The van der Waals surface area contributed by atoms with Crippen LogP contribution < -0.4 is 5.73 Å². The SMILES string of the molecule is Nc1ccc2c(c1)ncn2CCN1CCCCC1. The third-order valence-electron chi connectivity index (χ3n) is 3.75. The molecule has 2 N–H and O–H groups in total. The number of fused-ring (bicyclic) bond motifs is 1. The molecule has 0 saturated carbocycles. The van der Waals surface area contributed by atoms with Crippen LogP contribution in [0.2, 0.25) is 0 Å². The lowest BCUT2D eigenvalue weighted by atomic mass is 10.1. The van der Waals surface area contributed by atoms with E-state index in [1.807, 2.05) is 18.5 Å². The van der Waals surface area contributed by atoms with Crippen molar-refractivity contribution in [2.45, 2.75) is 25.8 Å². The van der Waals surface area contributed by atoms with E-state index >= 15 is 0 Å². The number of rotatable bonds is 3. The van der Waals surface area contributed by atoms with Gasteiger partial charge in [-0.1, -0.05) is 6.42 Å². The number of anilines is 1. The van der Waals surface area contributed by atoms with Gasteiger partial charge in [-0.3, -0.25) is 0 Å². The van der Waals surface area contributed by atoms with Crippen LogP contribution >= 0.6 is 0 Å². The van der Waals surface area contributed by atoms with Gasteiger partial charge in [0.1, 0.15) is 0 Å². The summed E-state index contributed by atoms with van der Waals surface area (Å²) >= 11 is 0. The number of benzene rings is 1. The second-order valence-electron chi connectivity index (χ2n) is 5.09. The third kappa shape index (κ3) is 2.34. The van der Waals surface area contributed by atoms with Gasteiger partial charge in [-0.2, -0.15) is 0 Å². The van der Waals surface area contributed by atoms with Crippen LogP contribution in [0.5, 0.6) is 0 Å². The monoisotopic (exact) mass is 244 g/mol. The molecule has 4 heteroatoms. The Balaban J connectivity index is 1.70. The predicted octanol–water partition coefficient (Wildman–Crippen LogP) is 2.10. The zero-order chi connectivity index (χ0) is 12.4. The van der Waals surface area contributed by atoms with Crippen molar-refractivity contribution >= 4 is 16.7 Å². The second kappa shape index (κ2) is 4.98. The van der Waals surface area contributed by atoms with Crippen molar-refractivity contribution in [3.05, 3.63) is 24.5 Å². The molecule has 1 fully saturated rings. The Bertz CT molecular complexity index is 526. The zero-order valence-electron chi connectivity index (χ0n) is 10.7. The largest absolute Gasteiger partial charge is 0.399 e. The van der Waals surface area contributed by atoms with E-state index in [2.05, 4.69) is 20.5 Å². The first-order chi connectivity index (χ1) is 8.83. The molecule has 18 heavy (non-hydrogen) atoms. The molecule has 96 valence electrons. The minimum atomic E-state index is 0.781. The topological polar surface area (TPSA) is 47.1 Å². The van der Waals surface area contributed by atoms with E-state index < -0.39 is 0 Å². The van der Waals surface area contributed by atoms with Crippen molar-refractivity contribution in [1.82, 2.24) is 14.5 Å². The molecule has 0 radical (unpaired) electrons. The highest BCUT2D eigenvalue weighted by molar-refractivity contribution is 5.78. The van der Waals surface area contributed by atoms with Crippen LogP contribution in [0.25, 0.3) is 11.0 Å². The van der Waals surface area contributed by atoms with Crippen LogP contribution in [0, 0.1) is 0 Å². The molecule has 1 aromatic heterocycles. The van der Waals surface area contributed by atoms with E-state index in [1.165, 1.54) is 37.9 Å². The average molecular weight is 244 g/mol. The lowest BCUT2D eigenvalue weighted by Gasteiger charge is -2.26. The van der Waals surface area contributed by atoms with Crippen LogP contribution in [0.15, 0.2) is 24.5 Å². The van der Waals surface area contributed by atoms with Gasteiger partial charge in [0.15, 0.2) is 0 Å². The second-order valence-corrected chi connectivity index (χ2v) is 5.09. The highest BCUT2D eigenvalue weighted by Crippen LogP contribution is 2.16. The standard InChI is InChI=1S/C14H20N4/c15-12-4-5-14-13(10-12)16-11-18(14)9-8-17-6-2-1-3-7-17/h4-5,10-11H,1-3,6-9,15H2. The fourth-order valence-electron chi connectivity index (χ4n) is 2.69. The molecule has 0 unspecified atom stereocenters. The summed E-state index contributed by atoms with van der Waals surface area (Å²) in [6, 6.07) is 5.95. The van der Waals surface area contributed by atoms with Crippen LogP contribution in [-0.2, 0) is 6.54 Å². The van der Waals surface area contributed by atoms with Crippen LogP contribution in [-0.4, -0.2) is 34.1 Å². The van der Waals surface area contributed by atoms with Gasteiger partial charge in [0.05, 0.1) is 17.4 Å². The van der Waals surface area contributed by atoms with Gasteiger partial charge in [0.25, 0.3) is 0 Å². The number of nitrogens with zero attached hydrogens (tertiary/aromatic N) is 3. The quantitative estimate of drug-likeness (QED) is 0.841. The zero-order valence-corrected chi connectivity index (χ0v) is 10.7.